The summed E-state index contributed by atoms with van der Waals surface area (Å²) in [5.74, 6) is 0. The number of rotatable bonds is 1. The lowest BCUT2D eigenvalue weighted by molar-refractivity contribution is 0.187. The molecular weight excluding hydrogens is 180 g/mol. The number of hydrogen-bond donors (Lipinski definition) is 2. The molecule has 4 heteroatoms. The van der Waals surface area contributed by atoms with Crippen molar-refractivity contribution in [1.29, 1.82) is 0 Å². The van der Waals surface area contributed by atoms with E-state index in [9.17, 15) is 4.79 Å². The van der Waals surface area contributed by atoms with Crippen LogP contribution in [0.1, 0.15) is 26.5 Å². The quantitative estimate of drug-likeness (QED) is 0.725. The number of carbonyl (C=O) groups excluding carboxylic acids is 1. The van der Waals surface area contributed by atoms with Crippen molar-refractivity contribution >= 4 is 11.8 Å². The average Bonchev–Trinajstić information content (AvgIpc) is 2.51. The number of methoxy groups -OCH3 is 1. The third kappa shape index (κ3) is 2.52. The molecule has 1 rings (SSSR count). The summed E-state index contributed by atoms with van der Waals surface area (Å²) in [6.07, 6.45) is 1.29. The van der Waals surface area contributed by atoms with Crippen molar-refractivity contribution in [3.63, 3.8) is 0 Å². The Morgan fingerprint density at radius 2 is 2.14 bits per heavy atom. The van der Waals surface area contributed by atoms with E-state index in [4.69, 9.17) is 0 Å². The van der Waals surface area contributed by atoms with Crippen molar-refractivity contribution in [3.8, 4) is 0 Å². The standard InChI is InChI=1S/C10H16N2O2/c1-10(2,3)8-5-7(6-11-8)12-9(13)14-4/h5-6,11H,1-4H3,(H,12,13). The van der Waals surface area contributed by atoms with E-state index in [2.05, 4.69) is 35.8 Å². The lowest BCUT2D eigenvalue weighted by Gasteiger charge is -2.15. The first-order chi connectivity index (χ1) is 6.43. The van der Waals surface area contributed by atoms with Gasteiger partial charge < -0.3 is 9.72 Å². The summed E-state index contributed by atoms with van der Waals surface area (Å²) in [6.45, 7) is 6.29. The van der Waals surface area contributed by atoms with Crippen LogP contribution < -0.4 is 5.32 Å². The van der Waals surface area contributed by atoms with Crippen LogP contribution in [0.3, 0.4) is 0 Å². The molecule has 0 unspecified atom stereocenters. The topological polar surface area (TPSA) is 54.1 Å². The first-order valence-electron chi connectivity index (χ1n) is 4.47. The molecule has 0 spiro atoms. The van der Waals surface area contributed by atoms with Crippen LogP contribution >= 0.6 is 0 Å². The van der Waals surface area contributed by atoms with Crippen LogP contribution in [0, 0.1) is 0 Å². The number of aromatic nitrogens is 1. The van der Waals surface area contributed by atoms with Crippen molar-refractivity contribution < 1.29 is 9.53 Å². The van der Waals surface area contributed by atoms with Gasteiger partial charge in [0.25, 0.3) is 0 Å². The Balaban J connectivity index is 2.74. The zero-order valence-electron chi connectivity index (χ0n) is 8.97. The van der Waals surface area contributed by atoms with Gasteiger partial charge in [-0.25, -0.2) is 4.79 Å². The first-order valence-corrected chi connectivity index (χ1v) is 4.47. The monoisotopic (exact) mass is 196 g/mol. The van der Waals surface area contributed by atoms with Gasteiger partial charge in [-0.2, -0.15) is 0 Å². The Morgan fingerprint density at radius 1 is 1.50 bits per heavy atom. The first kappa shape index (κ1) is 10.6. The second-order valence-electron chi connectivity index (χ2n) is 4.17. The summed E-state index contributed by atoms with van der Waals surface area (Å²) in [4.78, 5) is 14.0. The second-order valence-corrected chi connectivity index (χ2v) is 4.17. The number of hydrogen-bond acceptors (Lipinski definition) is 2. The Labute approximate surface area is 83.7 Å². The van der Waals surface area contributed by atoms with Gasteiger partial charge >= 0.3 is 6.09 Å². The molecule has 0 aromatic carbocycles. The van der Waals surface area contributed by atoms with Crippen LogP contribution in [0.5, 0.6) is 0 Å². The highest BCUT2D eigenvalue weighted by atomic mass is 16.5. The summed E-state index contributed by atoms with van der Waals surface area (Å²) in [6, 6.07) is 1.90. The molecule has 0 atom stereocenters. The highest BCUT2D eigenvalue weighted by Gasteiger charge is 2.16. The molecule has 0 aliphatic carbocycles. The number of ether oxygens (including phenoxy) is 1. The molecule has 14 heavy (non-hydrogen) atoms. The summed E-state index contributed by atoms with van der Waals surface area (Å²) in [5, 5.41) is 2.59. The molecule has 0 aliphatic rings. The summed E-state index contributed by atoms with van der Waals surface area (Å²) in [7, 11) is 1.34. The smallest absolute Gasteiger partial charge is 0.411 e. The molecule has 1 aromatic rings. The fraction of sp³-hybridized carbons (Fsp3) is 0.500. The predicted molar refractivity (Wildman–Crippen MR) is 55.5 cm³/mol. The van der Waals surface area contributed by atoms with Gasteiger partial charge in [0, 0.05) is 17.3 Å². The van der Waals surface area contributed by atoms with Crippen LogP contribution in [-0.2, 0) is 10.2 Å². The zero-order chi connectivity index (χ0) is 10.8. The maximum atomic E-state index is 10.9. The average molecular weight is 196 g/mol. The number of H-pyrrole nitrogens is 1. The number of amides is 1. The normalized spacial score (nSPS) is 11.1. The molecule has 1 aromatic heterocycles. The van der Waals surface area contributed by atoms with Gasteiger partial charge in [-0.15, -0.1) is 0 Å². The summed E-state index contributed by atoms with van der Waals surface area (Å²) < 4.78 is 4.49. The molecule has 0 saturated heterocycles. The van der Waals surface area contributed by atoms with E-state index < -0.39 is 6.09 Å². The van der Waals surface area contributed by atoms with Gasteiger partial charge in [0.1, 0.15) is 0 Å². The minimum Gasteiger partial charge on any atom is -0.453 e. The Bertz CT molecular complexity index is 323. The van der Waals surface area contributed by atoms with Gasteiger partial charge in [-0.3, -0.25) is 5.32 Å². The van der Waals surface area contributed by atoms with Crippen molar-refractivity contribution in [3.05, 3.63) is 18.0 Å². The fourth-order valence-electron chi connectivity index (χ4n) is 1.07. The Morgan fingerprint density at radius 3 is 2.57 bits per heavy atom. The molecule has 0 aliphatic heterocycles. The SMILES string of the molecule is COC(=O)Nc1c[nH]c(C(C)(C)C)c1. The molecule has 78 valence electrons. The van der Waals surface area contributed by atoms with Gasteiger partial charge in [-0.05, 0) is 6.07 Å². The molecule has 0 fully saturated rings. The van der Waals surface area contributed by atoms with Crippen LogP contribution in [0.2, 0.25) is 0 Å². The molecule has 4 nitrogen and oxygen atoms in total. The number of anilines is 1. The largest absolute Gasteiger partial charge is 0.453 e. The highest BCUT2D eigenvalue weighted by Crippen LogP contribution is 2.23. The van der Waals surface area contributed by atoms with E-state index >= 15 is 0 Å². The lowest BCUT2D eigenvalue weighted by Crippen LogP contribution is -2.12. The third-order valence-corrected chi connectivity index (χ3v) is 1.92. The molecule has 0 bridgehead atoms. The molecule has 0 saturated carbocycles. The van der Waals surface area contributed by atoms with E-state index in [1.165, 1.54) is 7.11 Å². The minimum absolute atomic E-state index is 0.0516. The van der Waals surface area contributed by atoms with E-state index in [0.29, 0.717) is 0 Å². The van der Waals surface area contributed by atoms with Gasteiger partial charge in [0.15, 0.2) is 0 Å². The van der Waals surface area contributed by atoms with E-state index in [0.717, 1.165) is 11.4 Å². The minimum atomic E-state index is -0.454. The number of nitrogens with one attached hydrogen (secondary N) is 2. The third-order valence-electron chi connectivity index (χ3n) is 1.92. The highest BCUT2D eigenvalue weighted by molar-refractivity contribution is 5.84. The predicted octanol–water partition coefficient (Wildman–Crippen LogP) is 2.49. The maximum absolute atomic E-state index is 10.9. The number of aromatic amines is 1. The molecule has 0 radical (unpaired) electrons. The zero-order valence-corrected chi connectivity index (χ0v) is 8.97. The summed E-state index contributed by atoms with van der Waals surface area (Å²) in [5.41, 5.74) is 1.85. The van der Waals surface area contributed by atoms with Gasteiger partial charge in [-0.1, -0.05) is 20.8 Å². The van der Waals surface area contributed by atoms with E-state index in [-0.39, 0.29) is 5.41 Å². The second kappa shape index (κ2) is 3.74. The van der Waals surface area contributed by atoms with E-state index in [1.54, 1.807) is 6.20 Å². The molecular formula is C10H16N2O2. The van der Waals surface area contributed by atoms with Crippen molar-refractivity contribution in [2.24, 2.45) is 0 Å². The van der Waals surface area contributed by atoms with E-state index in [1.807, 2.05) is 6.07 Å². The molecule has 2 N–H and O–H groups in total. The summed E-state index contributed by atoms with van der Waals surface area (Å²) >= 11 is 0. The number of carbonyl (C=O) groups is 1. The van der Waals surface area contributed by atoms with Crippen molar-refractivity contribution in [1.82, 2.24) is 4.98 Å². The molecule has 1 amide bonds. The molecule has 1 heterocycles. The maximum Gasteiger partial charge on any atom is 0.411 e. The van der Waals surface area contributed by atoms with Crippen LogP contribution in [0.4, 0.5) is 10.5 Å². The van der Waals surface area contributed by atoms with Crippen molar-refractivity contribution in [2.45, 2.75) is 26.2 Å². The van der Waals surface area contributed by atoms with Gasteiger partial charge in [0.05, 0.1) is 12.8 Å². The van der Waals surface area contributed by atoms with Crippen LogP contribution in [-0.4, -0.2) is 18.2 Å². The van der Waals surface area contributed by atoms with Crippen LogP contribution in [0.25, 0.3) is 0 Å². The fourth-order valence-corrected chi connectivity index (χ4v) is 1.07. The Hall–Kier alpha value is -1.45. The Kier molecular flexibility index (Phi) is 2.84. The lowest BCUT2D eigenvalue weighted by atomic mass is 9.92. The van der Waals surface area contributed by atoms with Gasteiger partial charge in [0.2, 0.25) is 0 Å². The van der Waals surface area contributed by atoms with Crippen molar-refractivity contribution in [2.75, 3.05) is 12.4 Å². The van der Waals surface area contributed by atoms with Crippen LogP contribution in [0.15, 0.2) is 12.3 Å².